The fourth-order valence-electron chi connectivity index (χ4n) is 2.01. The molecule has 0 spiro atoms. The summed E-state index contributed by atoms with van der Waals surface area (Å²) in [5.41, 5.74) is 3.40. The first-order valence-corrected chi connectivity index (χ1v) is 7.94. The van der Waals surface area contributed by atoms with Crippen LogP contribution in [0.5, 0.6) is 0 Å². The fourth-order valence-corrected chi connectivity index (χ4v) is 2.45. The highest BCUT2D eigenvalue weighted by Gasteiger charge is 2.20. The molecule has 0 fully saturated rings. The Balaban J connectivity index is 2.24. The van der Waals surface area contributed by atoms with Crippen LogP contribution in [0.15, 0.2) is 48.5 Å². The summed E-state index contributed by atoms with van der Waals surface area (Å²) in [6.07, 6.45) is 0.442. The van der Waals surface area contributed by atoms with Crippen molar-refractivity contribution < 1.29 is 5.11 Å². The number of nitrogens with zero attached hydrogens (tertiary/aromatic N) is 1. The zero-order valence-electron chi connectivity index (χ0n) is 11.3. The van der Waals surface area contributed by atoms with Crippen molar-refractivity contribution in [1.29, 1.82) is 5.26 Å². The van der Waals surface area contributed by atoms with Gasteiger partial charge in [0.2, 0.25) is 0 Å². The third-order valence-electron chi connectivity index (χ3n) is 3.34. The largest absolute Gasteiger partial charge is 0.385 e. The van der Waals surface area contributed by atoms with E-state index in [-0.39, 0.29) is 0 Å². The molecule has 0 saturated carbocycles. The van der Waals surface area contributed by atoms with Crippen LogP contribution in [0.2, 0.25) is 0 Å². The standard InChI is InChI=1S/C17H16INO/c1-17(20,12-18)16-8-6-15(7-9-16)14-4-2-13(3-5-14)10-11-19/h2-9,20H,10,12H2,1H3. The Hall–Kier alpha value is -1.38. The molecule has 2 rings (SSSR count). The number of aliphatic hydroxyl groups is 1. The lowest BCUT2D eigenvalue weighted by Gasteiger charge is -2.21. The Morgan fingerprint density at radius 3 is 2.00 bits per heavy atom. The Bertz CT molecular complexity index is 609. The minimum Gasteiger partial charge on any atom is -0.385 e. The van der Waals surface area contributed by atoms with Gasteiger partial charge in [-0.05, 0) is 29.2 Å². The van der Waals surface area contributed by atoms with Crippen molar-refractivity contribution in [2.75, 3.05) is 4.43 Å². The molecule has 2 aromatic rings. The Kier molecular flexibility index (Phi) is 4.79. The molecule has 0 heterocycles. The molecule has 2 nitrogen and oxygen atoms in total. The number of alkyl halides is 1. The van der Waals surface area contributed by atoms with Gasteiger partial charge in [-0.25, -0.2) is 0 Å². The Morgan fingerprint density at radius 2 is 1.55 bits per heavy atom. The Labute approximate surface area is 133 Å². The molecular weight excluding hydrogens is 361 g/mol. The van der Waals surface area contributed by atoms with Gasteiger partial charge in [0.15, 0.2) is 0 Å². The molecule has 3 heteroatoms. The molecule has 0 aliphatic rings. The molecule has 2 aromatic carbocycles. The smallest absolute Gasteiger partial charge is 0.0957 e. The first-order chi connectivity index (χ1) is 9.56. The lowest BCUT2D eigenvalue weighted by molar-refractivity contribution is 0.0872. The van der Waals surface area contributed by atoms with E-state index in [0.29, 0.717) is 10.8 Å². The van der Waals surface area contributed by atoms with Crippen molar-refractivity contribution >= 4 is 22.6 Å². The average molecular weight is 377 g/mol. The topological polar surface area (TPSA) is 44.0 Å². The van der Waals surface area contributed by atoms with Crippen LogP contribution in [0, 0.1) is 11.3 Å². The van der Waals surface area contributed by atoms with Crippen molar-refractivity contribution in [1.82, 2.24) is 0 Å². The summed E-state index contributed by atoms with van der Waals surface area (Å²) < 4.78 is 0.660. The highest BCUT2D eigenvalue weighted by Crippen LogP contribution is 2.26. The van der Waals surface area contributed by atoms with Crippen molar-refractivity contribution in [3.63, 3.8) is 0 Å². The minimum absolute atomic E-state index is 0.442. The van der Waals surface area contributed by atoms with E-state index in [2.05, 4.69) is 28.7 Å². The van der Waals surface area contributed by atoms with Crippen molar-refractivity contribution in [2.24, 2.45) is 0 Å². The number of rotatable bonds is 4. The number of benzene rings is 2. The number of nitriles is 1. The molecule has 102 valence electrons. The molecule has 0 aliphatic heterocycles. The molecule has 20 heavy (non-hydrogen) atoms. The van der Waals surface area contributed by atoms with Gasteiger partial charge >= 0.3 is 0 Å². The highest BCUT2D eigenvalue weighted by molar-refractivity contribution is 14.1. The normalized spacial score (nSPS) is 13.5. The van der Waals surface area contributed by atoms with Gasteiger partial charge < -0.3 is 5.11 Å². The molecular formula is C17H16INO. The number of hydrogen-bond acceptors (Lipinski definition) is 2. The second kappa shape index (κ2) is 6.38. The summed E-state index contributed by atoms with van der Waals surface area (Å²) in [5.74, 6) is 0. The van der Waals surface area contributed by atoms with Crippen LogP contribution >= 0.6 is 22.6 Å². The third-order valence-corrected chi connectivity index (χ3v) is 4.82. The van der Waals surface area contributed by atoms with Crippen LogP contribution in [0.25, 0.3) is 11.1 Å². The van der Waals surface area contributed by atoms with Crippen molar-refractivity contribution in [2.45, 2.75) is 18.9 Å². The van der Waals surface area contributed by atoms with Gasteiger partial charge in [-0.1, -0.05) is 71.1 Å². The van der Waals surface area contributed by atoms with E-state index >= 15 is 0 Å². The van der Waals surface area contributed by atoms with E-state index < -0.39 is 5.60 Å². The van der Waals surface area contributed by atoms with E-state index in [1.165, 1.54) is 0 Å². The van der Waals surface area contributed by atoms with E-state index in [4.69, 9.17) is 5.26 Å². The molecule has 0 saturated heterocycles. The second-order valence-electron chi connectivity index (χ2n) is 5.02. The average Bonchev–Trinajstić information content (AvgIpc) is 2.48. The predicted molar refractivity (Wildman–Crippen MR) is 89.7 cm³/mol. The molecule has 1 atom stereocenters. The second-order valence-corrected chi connectivity index (χ2v) is 5.78. The first-order valence-electron chi connectivity index (χ1n) is 6.42. The summed E-state index contributed by atoms with van der Waals surface area (Å²) in [6, 6.07) is 18.1. The molecule has 0 radical (unpaired) electrons. The monoisotopic (exact) mass is 377 g/mol. The summed E-state index contributed by atoms with van der Waals surface area (Å²) >= 11 is 2.19. The number of halogens is 1. The maximum Gasteiger partial charge on any atom is 0.0957 e. The molecule has 1 N–H and O–H groups in total. The summed E-state index contributed by atoms with van der Waals surface area (Å²) in [5, 5.41) is 18.9. The minimum atomic E-state index is -0.782. The summed E-state index contributed by atoms with van der Waals surface area (Å²) in [6.45, 7) is 1.82. The summed E-state index contributed by atoms with van der Waals surface area (Å²) in [7, 11) is 0. The molecule has 0 bridgehead atoms. The van der Waals surface area contributed by atoms with Gasteiger partial charge in [-0.3, -0.25) is 0 Å². The maximum atomic E-state index is 10.2. The summed E-state index contributed by atoms with van der Waals surface area (Å²) in [4.78, 5) is 0. The van der Waals surface area contributed by atoms with E-state index in [1.54, 1.807) is 0 Å². The van der Waals surface area contributed by atoms with Crippen LogP contribution in [0.1, 0.15) is 18.1 Å². The third kappa shape index (κ3) is 3.38. The van der Waals surface area contributed by atoms with E-state index in [0.717, 1.165) is 22.3 Å². The quantitative estimate of drug-likeness (QED) is 0.645. The molecule has 0 aliphatic carbocycles. The van der Waals surface area contributed by atoms with Crippen LogP contribution in [-0.2, 0) is 12.0 Å². The van der Waals surface area contributed by atoms with Crippen LogP contribution in [0.3, 0.4) is 0 Å². The lowest BCUT2D eigenvalue weighted by Crippen LogP contribution is -2.22. The van der Waals surface area contributed by atoms with Crippen molar-refractivity contribution in [3.05, 3.63) is 59.7 Å². The zero-order valence-corrected chi connectivity index (χ0v) is 13.5. The van der Waals surface area contributed by atoms with E-state index in [1.807, 2.05) is 55.5 Å². The van der Waals surface area contributed by atoms with Crippen LogP contribution in [-0.4, -0.2) is 9.53 Å². The van der Waals surface area contributed by atoms with Gasteiger partial charge in [-0.2, -0.15) is 5.26 Å². The van der Waals surface area contributed by atoms with Crippen molar-refractivity contribution in [3.8, 4) is 17.2 Å². The van der Waals surface area contributed by atoms with Gasteiger partial charge in [0.1, 0.15) is 0 Å². The number of hydrogen-bond donors (Lipinski definition) is 1. The molecule has 1 unspecified atom stereocenters. The predicted octanol–water partition coefficient (Wildman–Crippen LogP) is 4.06. The molecule has 0 aromatic heterocycles. The van der Waals surface area contributed by atoms with E-state index in [9.17, 15) is 5.11 Å². The SMILES string of the molecule is CC(O)(CI)c1ccc(-c2ccc(CC#N)cc2)cc1. The zero-order chi connectivity index (χ0) is 14.6. The Morgan fingerprint density at radius 1 is 1.05 bits per heavy atom. The van der Waals surface area contributed by atoms with Gasteiger partial charge in [0, 0.05) is 4.43 Å². The lowest BCUT2D eigenvalue weighted by atomic mass is 9.95. The van der Waals surface area contributed by atoms with Crippen LogP contribution < -0.4 is 0 Å². The van der Waals surface area contributed by atoms with Gasteiger partial charge in [-0.15, -0.1) is 0 Å². The van der Waals surface area contributed by atoms with Gasteiger partial charge in [0.25, 0.3) is 0 Å². The highest BCUT2D eigenvalue weighted by atomic mass is 127. The van der Waals surface area contributed by atoms with Gasteiger partial charge in [0.05, 0.1) is 18.1 Å². The maximum absolute atomic E-state index is 10.2. The van der Waals surface area contributed by atoms with Crippen LogP contribution in [0.4, 0.5) is 0 Å². The first kappa shape index (κ1) is 15.0. The molecule has 0 amide bonds. The fraction of sp³-hybridized carbons (Fsp3) is 0.235.